The monoisotopic (exact) mass is 294 g/mol. The standard InChI is InChI=1S/C13H18N4O4/c1-13(2,12(19)15-3)7-16-11(18)8-4-5-9(14)10(6-8)17(20)21/h4-6H,7,14H2,1-3H3,(H,15,19)(H,16,18). The van der Waals surface area contributed by atoms with E-state index < -0.39 is 16.2 Å². The number of rotatable bonds is 5. The van der Waals surface area contributed by atoms with Crippen LogP contribution in [0.25, 0.3) is 0 Å². The zero-order chi connectivity index (χ0) is 16.2. The average molecular weight is 294 g/mol. The summed E-state index contributed by atoms with van der Waals surface area (Å²) in [6, 6.07) is 3.80. The fourth-order valence-electron chi connectivity index (χ4n) is 1.67. The first kappa shape index (κ1) is 16.4. The summed E-state index contributed by atoms with van der Waals surface area (Å²) >= 11 is 0. The van der Waals surface area contributed by atoms with Crippen molar-refractivity contribution in [2.45, 2.75) is 13.8 Å². The van der Waals surface area contributed by atoms with Crippen molar-refractivity contribution in [3.63, 3.8) is 0 Å². The fourth-order valence-corrected chi connectivity index (χ4v) is 1.67. The molecule has 0 aliphatic heterocycles. The van der Waals surface area contributed by atoms with E-state index in [2.05, 4.69) is 10.6 Å². The zero-order valence-corrected chi connectivity index (χ0v) is 12.1. The highest BCUT2D eigenvalue weighted by Gasteiger charge is 2.27. The summed E-state index contributed by atoms with van der Waals surface area (Å²) in [5.74, 6) is -0.721. The lowest BCUT2D eigenvalue weighted by molar-refractivity contribution is -0.383. The molecule has 0 bridgehead atoms. The molecule has 8 heteroatoms. The first-order valence-electron chi connectivity index (χ1n) is 6.23. The molecule has 0 fully saturated rings. The molecule has 21 heavy (non-hydrogen) atoms. The molecule has 8 nitrogen and oxygen atoms in total. The summed E-state index contributed by atoms with van der Waals surface area (Å²) in [5.41, 5.74) is 4.45. The number of hydrogen-bond donors (Lipinski definition) is 3. The van der Waals surface area contributed by atoms with Crippen molar-refractivity contribution in [1.82, 2.24) is 10.6 Å². The Hall–Kier alpha value is -2.64. The molecule has 0 heterocycles. The number of carbonyl (C=O) groups excluding carboxylic acids is 2. The summed E-state index contributed by atoms with van der Waals surface area (Å²) in [4.78, 5) is 33.7. The van der Waals surface area contributed by atoms with E-state index in [1.165, 1.54) is 19.2 Å². The first-order chi connectivity index (χ1) is 9.69. The number of nitro groups is 1. The van der Waals surface area contributed by atoms with Crippen molar-refractivity contribution in [2.24, 2.45) is 5.41 Å². The molecule has 1 rings (SSSR count). The van der Waals surface area contributed by atoms with Crippen molar-refractivity contribution >= 4 is 23.2 Å². The van der Waals surface area contributed by atoms with Crippen LogP contribution in [0, 0.1) is 15.5 Å². The molecule has 1 aromatic rings. The molecule has 0 saturated heterocycles. The summed E-state index contributed by atoms with van der Waals surface area (Å²) < 4.78 is 0. The number of nitrogens with two attached hydrogens (primary N) is 1. The molecule has 1 aromatic carbocycles. The summed E-state index contributed by atoms with van der Waals surface area (Å²) in [7, 11) is 1.51. The minimum absolute atomic E-state index is 0.0118. The number of nitrogens with one attached hydrogen (secondary N) is 2. The second kappa shape index (κ2) is 6.21. The number of amides is 2. The number of nitro benzene ring substituents is 1. The van der Waals surface area contributed by atoms with Crippen LogP contribution in [0.3, 0.4) is 0 Å². The van der Waals surface area contributed by atoms with Crippen LogP contribution in [-0.4, -0.2) is 30.3 Å². The molecule has 0 aliphatic carbocycles. The van der Waals surface area contributed by atoms with Gasteiger partial charge in [0.2, 0.25) is 5.91 Å². The number of hydrogen-bond acceptors (Lipinski definition) is 5. The van der Waals surface area contributed by atoms with Crippen LogP contribution < -0.4 is 16.4 Å². The van der Waals surface area contributed by atoms with E-state index in [-0.39, 0.29) is 29.4 Å². The third-order valence-corrected chi connectivity index (χ3v) is 3.02. The van der Waals surface area contributed by atoms with Gasteiger partial charge in [-0.1, -0.05) is 0 Å². The highest BCUT2D eigenvalue weighted by Crippen LogP contribution is 2.22. The Balaban J connectivity index is 2.84. The minimum atomic E-state index is -0.788. The lowest BCUT2D eigenvalue weighted by Gasteiger charge is -2.22. The fraction of sp³-hybridized carbons (Fsp3) is 0.385. The Morgan fingerprint density at radius 1 is 1.38 bits per heavy atom. The molecule has 0 spiro atoms. The second-order valence-electron chi connectivity index (χ2n) is 5.18. The highest BCUT2D eigenvalue weighted by molar-refractivity contribution is 5.96. The predicted octanol–water partition coefficient (Wildman–Crippen LogP) is 0.679. The third-order valence-electron chi connectivity index (χ3n) is 3.02. The van der Waals surface area contributed by atoms with Gasteiger partial charge in [0.05, 0.1) is 10.3 Å². The van der Waals surface area contributed by atoms with Gasteiger partial charge in [-0.05, 0) is 26.0 Å². The van der Waals surface area contributed by atoms with E-state index in [1.54, 1.807) is 13.8 Å². The quantitative estimate of drug-likeness (QED) is 0.418. The van der Waals surface area contributed by atoms with Crippen molar-refractivity contribution in [2.75, 3.05) is 19.3 Å². The summed E-state index contributed by atoms with van der Waals surface area (Å²) in [6.07, 6.45) is 0. The second-order valence-corrected chi connectivity index (χ2v) is 5.18. The summed E-state index contributed by atoms with van der Waals surface area (Å²) in [6.45, 7) is 3.46. The van der Waals surface area contributed by atoms with Crippen LogP contribution in [0.15, 0.2) is 18.2 Å². The molecule has 2 amide bonds. The summed E-state index contributed by atoms with van der Waals surface area (Å²) in [5, 5.41) is 15.9. The Morgan fingerprint density at radius 2 is 2.00 bits per heavy atom. The zero-order valence-electron chi connectivity index (χ0n) is 12.1. The largest absolute Gasteiger partial charge is 0.393 e. The molecule has 0 saturated carbocycles. The molecule has 0 atom stereocenters. The molecule has 4 N–H and O–H groups in total. The van der Waals surface area contributed by atoms with E-state index in [4.69, 9.17) is 5.73 Å². The van der Waals surface area contributed by atoms with E-state index in [9.17, 15) is 19.7 Å². The third kappa shape index (κ3) is 3.91. The van der Waals surface area contributed by atoms with Gasteiger partial charge >= 0.3 is 0 Å². The topological polar surface area (TPSA) is 127 Å². The molecular weight excluding hydrogens is 276 g/mol. The number of anilines is 1. The van der Waals surface area contributed by atoms with E-state index in [1.807, 2.05) is 0 Å². The number of benzene rings is 1. The van der Waals surface area contributed by atoms with Crippen LogP contribution in [0.2, 0.25) is 0 Å². The average Bonchev–Trinajstić information content (AvgIpc) is 2.44. The molecule has 0 unspecified atom stereocenters. The van der Waals surface area contributed by atoms with Crippen LogP contribution in [0.5, 0.6) is 0 Å². The predicted molar refractivity (Wildman–Crippen MR) is 77.7 cm³/mol. The van der Waals surface area contributed by atoms with Crippen molar-refractivity contribution in [1.29, 1.82) is 0 Å². The Bertz CT molecular complexity index is 584. The van der Waals surface area contributed by atoms with Crippen molar-refractivity contribution in [3.05, 3.63) is 33.9 Å². The molecule has 0 aliphatic rings. The van der Waals surface area contributed by atoms with Gasteiger partial charge < -0.3 is 16.4 Å². The van der Waals surface area contributed by atoms with Crippen molar-refractivity contribution in [3.8, 4) is 0 Å². The molecule has 0 radical (unpaired) electrons. The lowest BCUT2D eigenvalue weighted by Crippen LogP contribution is -2.43. The lowest BCUT2D eigenvalue weighted by atomic mass is 9.92. The molecular formula is C13H18N4O4. The van der Waals surface area contributed by atoms with Gasteiger partial charge in [-0.15, -0.1) is 0 Å². The normalized spacial score (nSPS) is 10.8. The van der Waals surface area contributed by atoms with Gasteiger partial charge in [-0.2, -0.15) is 0 Å². The van der Waals surface area contributed by atoms with Crippen molar-refractivity contribution < 1.29 is 14.5 Å². The van der Waals surface area contributed by atoms with Crippen LogP contribution in [-0.2, 0) is 4.79 Å². The number of nitrogens with zero attached hydrogens (tertiary/aromatic N) is 1. The molecule has 114 valence electrons. The Labute approximate surface area is 121 Å². The van der Waals surface area contributed by atoms with Crippen LogP contribution in [0.4, 0.5) is 11.4 Å². The van der Waals surface area contributed by atoms with E-state index in [0.29, 0.717) is 0 Å². The van der Waals surface area contributed by atoms with Gasteiger partial charge in [-0.3, -0.25) is 19.7 Å². The Morgan fingerprint density at radius 3 is 2.52 bits per heavy atom. The Kier molecular flexibility index (Phi) is 4.85. The van der Waals surface area contributed by atoms with Gasteiger partial charge in [0.1, 0.15) is 5.69 Å². The van der Waals surface area contributed by atoms with E-state index >= 15 is 0 Å². The minimum Gasteiger partial charge on any atom is -0.393 e. The van der Waals surface area contributed by atoms with Gasteiger partial charge in [-0.25, -0.2) is 0 Å². The molecule has 0 aromatic heterocycles. The number of carbonyl (C=O) groups is 2. The SMILES string of the molecule is CNC(=O)C(C)(C)CNC(=O)c1ccc(N)c([N+](=O)[O-])c1. The number of nitrogen functional groups attached to an aromatic ring is 1. The van der Waals surface area contributed by atoms with Crippen LogP contribution >= 0.6 is 0 Å². The maximum absolute atomic E-state index is 12.0. The maximum Gasteiger partial charge on any atom is 0.292 e. The maximum atomic E-state index is 12.0. The van der Waals surface area contributed by atoms with Gasteiger partial charge in [0.15, 0.2) is 0 Å². The highest BCUT2D eigenvalue weighted by atomic mass is 16.6. The van der Waals surface area contributed by atoms with E-state index in [0.717, 1.165) is 6.07 Å². The first-order valence-corrected chi connectivity index (χ1v) is 6.23. The smallest absolute Gasteiger partial charge is 0.292 e. The van der Waals surface area contributed by atoms with Gasteiger partial charge in [0.25, 0.3) is 11.6 Å². The van der Waals surface area contributed by atoms with Gasteiger partial charge in [0, 0.05) is 25.2 Å². The van der Waals surface area contributed by atoms with Crippen LogP contribution in [0.1, 0.15) is 24.2 Å².